The number of benzene rings is 2. The average molecular weight is 402 g/mol. The first-order valence-corrected chi connectivity index (χ1v) is 9.92. The lowest BCUT2D eigenvalue weighted by Gasteiger charge is -2.35. The summed E-state index contributed by atoms with van der Waals surface area (Å²) in [6.45, 7) is 4.21. The molecule has 0 bridgehead atoms. The van der Waals surface area contributed by atoms with E-state index in [4.69, 9.17) is 4.74 Å². The Morgan fingerprint density at radius 1 is 1.07 bits per heavy atom. The maximum atomic E-state index is 13.8. The Morgan fingerprint density at radius 2 is 1.79 bits per heavy atom. The predicted octanol–water partition coefficient (Wildman–Crippen LogP) is 2.75. The third-order valence-corrected chi connectivity index (χ3v) is 5.07. The van der Waals surface area contributed by atoms with Crippen molar-refractivity contribution in [3.8, 4) is 0 Å². The summed E-state index contributed by atoms with van der Waals surface area (Å²) >= 11 is 0. The van der Waals surface area contributed by atoms with Gasteiger partial charge in [0.2, 0.25) is 0 Å². The molecule has 1 aliphatic heterocycles. The second-order valence-electron chi connectivity index (χ2n) is 6.94. The third-order valence-electron chi connectivity index (χ3n) is 5.07. The van der Waals surface area contributed by atoms with Gasteiger partial charge in [-0.1, -0.05) is 30.3 Å². The molecule has 0 saturated carbocycles. The fourth-order valence-corrected chi connectivity index (χ4v) is 3.46. The Morgan fingerprint density at radius 3 is 2.48 bits per heavy atom. The predicted molar refractivity (Wildman–Crippen MR) is 111 cm³/mol. The minimum absolute atomic E-state index is 0.0737. The van der Waals surface area contributed by atoms with E-state index in [-0.39, 0.29) is 17.7 Å². The zero-order valence-corrected chi connectivity index (χ0v) is 16.7. The second-order valence-corrected chi connectivity index (χ2v) is 6.94. The first-order valence-electron chi connectivity index (χ1n) is 9.92. The van der Waals surface area contributed by atoms with Crippen molar-refractivity contribution >= 4 is 5.96 Å². The summed E-state index contributed by atoms with van der Waals surface area (Å²) in [4.78, 5) is 6.59. The summed E-state index contributed by atoms with van der Waals surface area (Å²) in [5.74, 6) is 0.218. The van der Waals surface area contributed by atoms with Crippen LogP contribution >= 0.6 is 0 Å². The van der Waals surface area contributed by atoms with E-state index in [2.05, 4.69) is 20.5 Å². The topological polar surface area (TPSA) is 48.9 Å². The molecule has 1 fully saturated rings. The highest BCUT2D eigenvalue weighted by Crippen LogP contribution is 2.21. The number of nitrogens with zero attached hydrogens (tertiary/aromatic N) is 2. The van der Waals surface area contributed by atoms with Crippen LogP contribution in [0.2, 0.25) is 0 Å². The molecule has 0 radical (unpaired) electrons. The normalized spacial score (nSPS) is 16.4. The summed E-state index contributed by atoms with van der Waals surface area (Å²) in [7, 11) is 1.71. The molecule has 7 heteroatoms. The van der Waals surface area contributed by atoms with Crippen LogP contribution < -0.4 is 10.6 Å². The van der Waals surface area contributed by atoms with Crippen LogP contribution in [0.15, 0.2) is 53.5 Å². The van der Waals surface area contributed by atoms with Crippen molar-refractivity contribution < 1.29 is 13.5 Å². The summed E-state index contributed by atoms with van der Waals surface area (Å²) < 4.78 is 32.6. The molecule has 1 heterocycles. The molecule has 3 rings (SSSR count). The molecule has 0 amide bonds. The van der Waals surface area contributed by atoms with Gasteiger partial charge in [0, 0.05) is 33.2 Å². The summed E-state index contributed by atoms with van der Waals surface area (Å²) in [5.41, 5.74) is 1.72. The average Bonchev–Trinajstić information content (AvgIpc) is 2.76. The SMILES string of the molecule is CN=C(NCCc1ccccc1F)NCC(c1ccc(F)cc1)N1CCOCC1. The quantitative estimate of drug-likeness (QED) is 0.552. The first kappa shape index (κ1) is 21.2. The molecule has 0 aliphatic carbocycles. The fourth-order valence-electron chi connectivity index (χ4n) is 3.46. The third kappa shape index (κ3) is 6.24. The van der Waals surface area contributed by atoms with Crippen LogP contribution in [-0.4, -0.2) is 57.3 Å². The molecule has 5 nitrogen and oxygen atoms in total. The van der Waals surface area contributed by atoms with Crippen molar-refractivity contribution in [3.63, 3.8) is 0 Å². The Kier molecular flexibility index (Phi) is 7.95. The fraction of sp³-hybridized carbons (Fsp3) is 0.409. The number of hydrogen-bond acceptors (Lipinski definition) is 3. The van der Waals surface area contributed by atoms with Crippen LogP contribution in [0.5, 0.6) is 0 Å². The molecular weight excluding hydrogens is 374 g/mol. The summed E-state index contributed by atoms with van der Waals surface area (Å²) in [6.07, 6.45) is 0.568. The van der Waals surface area contributed by atoms with Crippen molar-refractivity contribution in [3.05, 3.63) is 71.3 Å². The van der Waals surface area contributed by atoms with E-state index in [0.717, 1.165) is 18.7 Å². The van der Waals surface area contributed by atoms with E-state index in [1.807, 2.05) is 18.2 Å². The van der Waals surface area contributed by atoms with E-state index in [9.17, 15) is 8.78 Å². The molecular formula is C22H28F2N4O. The van der Waals surface area contributed by atoms with Gasteiger partial charge < -0.3 is 15.4 Å². The minimum Gasteiger partial charge on any atom is -0.379 e. The smallest absolute Gasteiger partial charge is 0.191 e. The number of guanidine groups is 1. The minimum atomic E-state index is -0.243. The van der Waals surface area contributed by atoms with Gasteiger partial charge in [-0.2, -0.15) is 0 Å². The van der Waals surface area contributed by atoms with E-state index in [1.54, 1.807) is 19.2 Å². The van der Waals surface area contributed by atoms with Gasteiger partial charge in [0.1, 0.15) is 11.6 Å². The van der Waals surface area contributed by atoms with E-state index < -0.39 is 0 Å². The number of hydrogen-bond donors (Lipinski definition) is 2. The van der Waals surface area contributed by atoms with Gasteiger partial charge in [-0.3, -0.25) is 9.89 Å². The number of nitrogens with one attached hydrogen (secondary N) is 2. The lowest BCUT2D eigenvalue weighted by molar-refractivity contribution is 0.0170. The number of aliphatic imine (C=N–C) groups is 1. The number of ether oxygens (including phenoxy) is 1. The molecule has 29 heavy (non-hydrogen) atoms. The van der Waals surface area contributed by atoms with E-state index in [1.165, 1.54) is 18.2 Å². The highest BCUT2D eigenvalue weighted by molar-refractivity contribution is 5.79. The zero-order valence-electron chi connectivity index (χ0n) is 16.7. The summed E-state index contributed by atoms with van der Waals surface area (Å²) in [6, 6.07) is 13.5. The van der Waals surface area contributed by atoms with Gasteiger partial charge in [0.15, 0.2) is 5.96 Å². The van der Waals surface area contributed by atoms with Crippen molar-refractivity contribution in [2.24, 2.45) is 4.99 Å². The molecule has 1 unspecified atom stereocenters. The van der Waals surface area contributed by atoms with E-state index >= 15 is 0 Å². The maximum Gasteiger partial charge on any atom is 0.191 e. The molecule has 0 spiro atoms. The Labute approximate surface area is 170 Å². The Balaban J connectivity index is 1.58. The Bertz CT molecular complexity index is 792. The summed E-state index contributed by atoms with van der Waals surface area (Å²) in [5, 5.41) is 6.58. The molecule has 0 aromatic heterocycles. The largest absolute Gasteiger partial charge is 0.379 e. The molecule has 1 atom stereocenters. The maximum absolute atomic E-state index is 13.8. The van der Waals surface area contributed by atoms with Gasteiger partial charge in [0.25, 0.3) is 0 Å². The highest BCUT2D eigenvalue weighted by atomic mass is 19.1. The highest BCUT2D eigenvalue weighted by Gasteiger charge is 2.23. The lowest BCUT2D eigenvalue weighted by Crippen LogP contribution is -2.46. The van der Waals surface area contributed by atoms with Crippen molar-refractivity contribution in [2.75, 3.05) is 46.4 Å². The molecule has 2 aromatic rings. The number of morpholine rings is 1. The monoisotopic (exact) mass is 402 g/mol. The van der Waals surface area contributed by atoms with Gasteiger partial charge in [-0.15, -0.1) is 0 Å². The first-order chi connectivity index (χ1) is 14.2. The molecule has 156 valence electrons. The van der Waals surface area contributed by atoms with Gasteiger partial charge in [0.05, 0.1) is 19.3 Å². The van der Waals surface area contributed by atoms with Crippen LogP contribution in [-0.2, 0) is 11.2 Å². The van der Waals surface area contributed by atoms with Crippen LogP contribution in [0.4, 0.5) is 8.78 Å². The molecule has 2 aromatic carbocycles. The molecule has 2 N–H and O–H groups in total. The van der Waals surface area contributed by atoms with E-state index in [0.29, 0.717) is 44.2 Å². The second kappa shape index (κ2) is 10.9. The lowest BCUT2D eigenvalue weighted by atomic mass is 10.0. The van der Waals surface area contributed by atoms with Crippen molar-refractivity contribution in [1.82, 2.24) is 15.5 Å². The van der Waals surface area contributed by atoms with Crippen LogP contribution in [0.3, 0.4) is 0 Å². The van der Waals surface area contributed by atoms with Crippen LogP contribution in [0, 0.1) is 11.6 Å². The van der Waals surface area contributed by atoms with Gasteiger partial charge >= 0.3 is 0 Å². The standard InChI is InChI=1S/C22H28F2N4O/c1-25-22(26-11-10-17-4-2-3-5-20(17)24)27-16-21(28-12-14-29-15-13-28)18-6-8-19(23)9-7-18/h2-9,21H,10-16H2,1H3,(H2,25,26,27). The van der Waals surface area contributed by atoms with Crippen molar-refractivity contribution in [2.45, 2.75) is 12.5 Å². The molecule has 1 saturated heterocycles. The number of rotatable bonds is 7. The Hall–Kier alpha value is -2.51. The van der Waals surface area contributed by atoms with Crippen molar-refractivity contribution in [1.29, 1.82) is 0 Å². The zero-order chi connectivity index (χ0) is 20.5. The van der Waals surface area contributed by atoms with Crippen LogP contribution in [0.1, 0.15) is 17.2 Å². The van der Waals surface area contributed by atoms with Gasteiger partial charge in [-0.25, -0.2) is 8.78 Å². The van der Waals surface area contributed by atoms with Gasteiger partial charge in [-0.05, 0) is 35.7 Å². The number of halogens is 2. The van der Waals surface area contributed by atoms with Crippen LogP contribution in [0.25, 0.3) is 0 Å². The molecule has 1 aliphatic rings.